The molecule has 0 spiro atoms. The SMILES string of the molecule is COc1c(/C(C)=C/C(=O)Nc2ccc(F)c([N+](=O)[O-])c2)cc2c(C)c(C)oc2c1C. The first kappa shape index (κ1) is 21.0. The maximum atomic E-state index is 13.5. The number of aryl methyl sites for hydroxylation is 3. The Morgan fingerprint density at radius 1 is 1.23 bits per heavy atom. The van der Waals surface area contributed by atoms with E-state index in [1.165, 1.54) is 12.1 Å². The summed E-state index contributed by atoms with van der Waals surface area (Å²) in [7, 11) is 1.55. The van der Waals surface area contributed by atoms with Crippen molar-refractivity contribution >= 4 is 33.8 Å². The lowest BCUT2D eigenvalue weighted by Gasteiger charge is -2.13. The number of allylic oxidation sites excluding steroid dienone is 1. The molecule has 2 aromatic carbocycles. The van der Waals surface area contributed by atoms with Crippen molar-refractivity contribution in [2.45, 2.75) is 27.7 Å². The topological polar surface area (TPSA) is 94.6 Å². The zero-order chi connectivity index (χ0) is 22.2. The first-order valence-electron chi connectivity index (χ1n) is 9.15. The van der Waals surface area contributed by atoms with E-state index < -0.39 is 22.3 Å². The number of rotatable bonds is 5. The highest BCUT2D eigenvalue weighted by Gasteiger charge is 2.19. The number of furan rings is 1. The van der Waals surface area contributed by atoms with E-state index in [9.17, 15) is 19.3 Å². The normalized spacial score (nSPS) is 11.6. The van der Waals surface area contributed by atoms with Gasteiger partial charge in [-0.25, -0.2) is 0 Å². The van der Waals surface area contributed by atoms with Gasteiger partial charge in [-0.15, -0.1) is 0 Å². The highest BCUT2D eigenvalue weighted by molar-refractivity contribution is 6.05. The van der Waals surface area contributed by atoms with Crippen molar-refractivity contribution in [1.82, 2.24) is 0 Å². The third kappa shape index (κ3) is 3.76. The van der Waals surface area contributed by atoms with E-state index in [0.717, 1.165) is 45.6 Å². The number of hydrogen-bond acceptors (Lipinski definition) is 5. The molecular weight excluding hydrogens is 391 g/mol. The van der Waals surface area contributed by atoms with E-state index in [1.54, 1.807) is 14.0 Å². The van der Waals surface area contributed by atoms with Crippen LogP contribution >= 0.6 is 0 Å². The molecule has 8 heteroatoms. The van der Waals surface area contributed by atoms with Crippen molar-refractivity contribution in [3.05, 3.63) is 68.7 Å². The molecule has 1 amide bonds. The van der Waals surface area contributed by atoms with Gasteiger partial charge >= 0.3 is 5.69 Å². The molecule has 1 aromatic heterocycles. The number of nitro groups is 1. The number of halogens is 1. The van der Waals surface area contributed by atoms with Gasteiger partial charge in [0.25, 0.3) is 0 Å². The summed E-state index contributed by atoms with van der Waals surface area (Å²) in [6, 6.07) is 5.09. The van der Waals surface area contributed by atoms with Crippen LogP contribution in [0.1, 0.15) is 29.4 Å². The molecule has 0 unspecified atom stereocenters. The molecule has 156 valence electrons. The van der Waals surface area contributed by atoms with Crippen LogP contribution < -0.4 is 10.1 Å². The monoisotopic (exact) mass is 412 g/mol. The van der Waals surface area contributed by atoms with E-state index in [4.69, 9.17) is 9.15 Å². The summed E-state index contributed by atoms with van der Waals surface area (Å²) in [5.74, 6) is -0.0721. The Morgan fingerprint density at radius 2 is 1.93 bits per heavy atom. The molecule has 0 aliphatic carbocycles. The van der Waals surface area contributed by atoms with Crippen LogP contribution in [0, 0.1) is 36.7 Å². The van der Waals surface area contributed by atoms with Crippen LogP contribution in [0.25, 0.3) is 16.5 Å². The third-order valence-corrected chi connectivity index (χ3v) is 5.03. The second-order valence-corrected chi connectivity index (χ2v) is 6.98. The molecule has 30 heavy (non-hydrogen) atoms. The van der Waals surface area contributed by atoms with Gasteiger partial charge in [0.1, 0.15) is 17.1 Å². The van der Waals surface area contributed by atoms with Gasteiger partial charge in [0, 0.05) is 34.3 Å². The van der Waals surface area contributed by atoms with Crippen LogP contribution in [0.3, 0.4) is 0 Å². The van der Waals surface area contributed by atoms with Crippen LogP contribution in [-0.4, -0.2) is 17.9 Å². The smallest absolute Gasteiger partial charge is 0.306 e. The van der Waals surface area contributed by atoms with Crippen LogP contribution in [-0.2, 0) is 4.79 Å². The quantitative estimate of drug-likeness (QED) is 0.341. The Hall–Kier alpha value is -3.68. The molecule has 3 rings (SSSR count). The fourth-order valence-electron chi connectivity index (χ4n) is 3.35. The third-order valence-electron chi connectivity index (χ3n) is 5.03. The summed E-state index contributed by atoms with van der Waals surface area (Å²) in [4.78, 5) is 22.5. The number of carbonyl (C=O) groups is 1. The number of hydrogen-bond donors (Lipinski definition) is 1. The Balaban J connectivity index is 1.98. The zero-order valence-electron chi connectivity index (χ0n) is 17.3. The molecule has 0 bridgehead atoms. The number of fused-ring (bicyclic) bond motifs is 1. The van der Waals surface area contributed by atoms with Gasteiger partial charge in [-0.05, 0) is 57.0 Å². The number of methoxy groups -OCH3 is 1. The number of carbonyl (C=O) groups excluding carboxylic acids is 1. The fraction of sp³-hybridized carbons (Fsp3) is 0.227. The van der Waals surface area contributed by atoms with Gasteiger partial charge in [0.05, 0.1) is 12.0 Å². The van der Waals surface area contributed by atoms with E-state index in [-0.39, 0.29) is 5.69 Å². The fourth-order valence-corrected chi connectivity index (χ4v) is 3.35. The number of nitro benzene ring substituents is 1. The zero-order valence-corrected chi connectivity index (χ0v) is 17.3. The number of nitrogens with one attached hydrogen (secondary N) is 1. The van der Waals surface area contributed by atoms with Crippen molar-refractivity contribution in [3.8, 4) is 5.75 Å². The molecule has 1 heterocycles. The summed E-state index contributed by atoms with van der Waals surface area (Å²) < 4.78 is 24.9. The van der Waals surface area contributed by atoms with Crippen LogP contribution in [0.15, 0.2) is 34.8 Å². The summed E-state index contributed by atoms with van der Waals surface area (Å²) in [6.45, 7) is 7.50. The average molecular weight is 412 g/mol. The first-order chi connectivity index (χ1) is 14.1. The minimum Gasteiger partial charge on any atom is -0.496 e. The summed E-state index contributed by atoms with van der Waals surface area (Å²) in [5, 5.41) is 14.3. The minimum atomic E-state index is -0.969. The minimum absolute atomic E-state index is 0.122. The van der Waals surface area contributed by atoms with Gasteiger partial charge in [-0.3, -0.25) is 14.9 Å². The Bertz CT molecular complexity index is 1210. The second kappa shape index (κ2) is 7.98. The van der Waals surface area contributed by atoms with Gasteiger partial charge in [-0.1, -0.05) is 0 Å². The molecule has 0 aliphatic rings. The Morgan fingerprint density at radius 3 is 2.57 bits per heavy atom. The molecule has 0 saturated heterocycles. The lowest BCUT2D eigenvalue weighted by Crippen LogP contribution is -2.09. The second-order valence-electron chi connectivity index (χ2n) is 6.98. The van der Waals surface area contributed by atoms with E-state index in [0.29, 0.717) is 11.3 Å². The van der Waals surface area contributed by atoms with Crippen molar-refractivity contribution in [3.63, 3.8) is 0 Å². The van der Waals surface area contributed by atoms with Crippen LogP contribution in [0.4, 0.5) is 15.8 Å². The van der Waals surface area contributed by atoms with Crippen molar-refractivity contribution < 1.29 is 23.3 Å². The number of nitrogens with zero attached hydrogens (tertiary/aromatic N) is 1. The Kier molecular flexibility index (Phi) is 5.60. The van der Waals surface area contributed by atoms with Gasteiger partial charge < -0.3 is 14.5 Å². The van der Waals surface area contributed by atoms with E-state index in [2.05, 4.69) is 5.32 Å². The maximum absolute atomic E-state index is 13.5. The van der Waals surface area contributed by atoms with Gasteiger partial charge in [-0.2, -0.15) is 4.39 Å². The summed E-state index contributed by atoms with van der Waals surface area (Å²) in [6.07, 6.45) is 1.36. The van der Waals surface area contributed by atoms with Crippen LogP contribution in [0.2, 0.25) is 0 Å². The number of amides is 1. The first-order valence-corrected chi connectivity index (χ1v) is 9.15. The van der Waals surface area contributed by atoms with Gasteiger partial charge in [0.2, 0.25) is 11.7 Å². The maximum Gasteiger partial charge on any atom is 0.306 e. The number of benzene rings is 2. The summed E-state index contributed by atoms with van der Waals surface area (Å²) in [5.41, 5.74) is 3.34. The van der Waals surface area contributed by atoms with Gasteiger partial charge in [0.15, 0.2) is 0 Å². The highest BCUT2D eigenvalue weighted by atomic mass is 19.1. The van der Waals surface area contributed by atoms with E-state index in [1.807, 2.05) is 26.8 Å². The molecule has 0 radical (unpaired) electrons. The van der Waals surface area contributed by atoms with Crippen LogP contribution in [0.5, 0.6) is 5.75 Å². The van der Waals surface area contributed by atoms with E-state index >= 15 is 0 Å². The highest BCUT2D eigenvalue weighted by Crippen LogP contribution is 2.38. The van der Waals surface area contributed by atoms with Crippen molar-refractivity contribution in [2.24, 2.45) is 0 Å². The molecule has 0 saturated carbocycles. The predicted molar refractivity (Wildman–Crippen MR) is 112 cm³/mol. The molecule has 0 aliphatic heterocycles. The largest absolute Gasteiger partial charge is 0.496 e. The average Bonchev–Trinajstić information content (AvgIpc) is 2.97. The number of anilines is 1. The molecule has 0 atom stereocenters. The number of ether oxygens (including phenoxy) is 1. The standard InChI is InChI=1S/C22H21FN2O5/c1-11(8-20(26)24-15-6-7-18(23)19(9-15)25(27)28)16-10-17-12(2)14(4)30-22(17)13(3)21(16)29-5/h6-10H,1-5H3,(H,24,26)/b11-8+. The predicted octanol–water partition coefficient (Wildman–Crippen LogP) is 5.46. The lowest BCUT2D eigenvalue weighted by molar-refractivity contribution is -0.387. The lowest BCUT2D eigenvalue weighted by atomic mass is 9.98. The van der Waals surface area contributed by atoms with Crippen molar-refractivity contribution in [1.29, 1.82) is 0 Å². The van der Waals surface area contributed by atoms with Crippen molar-refractivity contribution in [2.75, 3.05) is 12.4 Å². The summed E-state index contributed by atoms with van der Waals surface area (Å²) >= 11 is 0. The molecule has 0 fully saturated rings. The Labute approximate surface area is 172 Å². The molecule has 1 N–H and O–H groups in total. The molecular formula is C22H21FN2O5. The molecule has 3 aromatic rings. The molecule has 7 nitrogen and oxygen atoms in total.